The maximum atomic E-state index is 4.59. The summed E-state index contributed by atoms with van der Waals surface area (Å²) in [4.78, 5) is 10.7. The van der Waals surface area contributed by atoms with E-state index in [1.807, 2.05) is 32.4 Å². The first-order valence-corrected chi connectivity index (χ1v) is 6.71. The van der Waals surface area contributed by atoms with Gasteiger partial charge in [0.15, 0.2) is 0 Å². The van der Waals surface area contributed by atoms with Crippen molar-refractivity contribution in [1.82, 2.24) is 14.4 Å². The normalized spacial score (nSPS) is 10.9. The molecule has 3 heterocycles. The van der Waals surface area contributed by atoms with Crippen LogP contribution in [0.15, 0.2) is 47.5 Å². The molecule has 0 fully saturated rings. The number of imidazole rings is 1. The molecule has 0 atom stereocenters. The summed E-state index contributed by atoms with van der Waals surface area (Å²) in [7, 11) is 4.06. The summed E-state index contributed by atoms with van der Waals surface area (Å²) in [5, 5.41) is 0. The fourth-order valence-electron chi connectivity index (χ4n) is 2.02. The van der Waals surface area contributed by atoms with Gasteiger partial charge < -0.3 is 4.90 Å². The van der Waals surface area contributed by atoms with Gasteiger partial charge in [-0.15, -0.1) is 0 Å². The predicted octanol–water partition coefficient (Wildman–Crippen LogP) is 3.22. The maximum absolute atomic E-state index is 4.59. The summed E-state index contributed by atoms with van der Waals surface area (Å²) in [6, 6.07) is 8.11. The number of hydrogen-bond donors (Lipinski definition) is 0. The molecular weight excluding hydrogens is 304 g/mol. The summed E-state index contributed by atoms with van der Waals surface area (Å²) < 4.78 is 2.93. The number of pyridine rings is 2. The van der Waals surface area contributed by atoms with Gasteiger partial charge >= 0.3 is 0 Å². The third-order valence-corrected chi connectivity index (χ3v) is 3.62. The SMILES string of the molecule is CN(C)c1ccn2c(-c3ccncc3)nc(Br)c2c1. The average Bonchev–Trinajstić information content (AvgIpc) is 2.77. The van der Waals surface area contributed by atoms with E-state index in [1.165, 1.54) is 0 Å². The molecule has 0 radical (unpaired) electrons. The van der Waals surface area contributed by atoms with Crippen molar-refractivity contribution in [2.75, 3.05) is 19.0 Å². The van der Waals surface area contributed by atoms with Crippen LogP contribution >= 0.6 is 15.9 Å². The summed E-state index contributed by atoms with van der Waals surface area (Å²) in [5.74, 6) is 0.912. The highest BCUT2D eigenvalue weighted by atomic mass is 79.9. The highest BCUT2D eigenvalue weighted by molar-refractivity contribution is 9.10. The molecule has 0 aromatic carbocycles. The van der Waals surface area contributed by atoms with Gasteiger partial charge in [0.25, 0.3) is 0 Å². The lowest BCUT2D eigenvalue weighted by molar-refractivity contribution is 1.10. The molecule has 3 aromatic rings. The van der Waals surface area contributed by atoms with Crippen LogP contribution in [0.5, 0.6) is 0 Å². The molecule has 3 rings (SSSR count). The number of hydrogen-bond acceptors (Lipinski definition) is 3. The Hall–Kier alpha value is -1.88. The van der Waals surface area contributed by atoms with Crippen LogP contribution in [0.1, 0.15) is 0 Å². The second kappa shape index (κ2) is 4.66. The smallest absolute Gasteiger partial charge is 0.146 e. The Balaban J connectivity index is 2.23. The average molecular weight is 317 g/mol. The predicted molar refractivity (Wildman–Crippen MR) is 80.5 cm³/mol. The van der Waals surface area contributed by atoms with Crippen LogP contribution in [0.25, 0.3) is 16.9 Å². The van der Waals surface area contributed by atoms with Gasteiger partial charge in [-0.3, -0.25) is 9.38 Å². The Morgan fingerprint density at radius 3 is 2.58 bits per heavy atom. The second-order valence-corrected chi connectivity index (χ2v) is 5.25. The molecule has 0 N–H and O–H groups in total. The van der Waals surface area contributed by atoms with E-state index in [2.05, 4.69) is 47.3 Å². The molecule has 0 amide bonds. The van der Waals surface area contributed by atoms with Gasteiger partial charge in [-0.1, -0.05) is 0 Å². The monoisotopic (exact) mass is 316 g/mol. The van der Waals surface area contributed by atoms with Crippen LogP contribution in [0, 0.1) is 0 Å². The lowest BCUT2D eigenvalue weighted by Gasteiger charge is -2.12. The zero-order valence-corrected chi connectivity index (χ0v) is 12.3. The van der Waals surface area contributed by atoms with Crippen LogP contribution in [0.2, 0.25) is 0 Å². The van der Waals surface area contributed by atoms with E-state index in [0.717, 1.165) is 27.2 Å². The minimum atomic E-state index is 0.850. The molecule has 5 heteroatoms. The molecule has 0 bridgehead atoms. The van der Waals surface area contributed by atoms with Crippen molar-refractivity contribution in [3.8, 4) is 11.4 Å². The van der Waals surface area contributed by atoms with E-state index < -0.39 is 0 Å². The van der Waals surface area contributed by atoms with E-state index >= 15 is 0 Å². The first kappa shape index (κ1) is 12.2. The quantitative estimate of drug-likeness (QED) is 0.728. The van der Waals surface area contributed by atoms with E-state index in [0.29, 0.717) is 0 Å². The van der Waals surface area contributed by atoms with Crippen LogP contribution < -0.4 is 4.90 Å². The molecule has 0 aliphatic carbocycles. The van der Waals surface area contributed by atoms with Crippen LogP contribution in [0.4, 0.5) is 5.69 Å². The maximum Gasteiger partial charge on any atom is 0.146 e. The number of aromatic nitrogens is 3. The van der Waals surface area contributed by atoms with Crippen LogP contribution in [-0.4, -0.2) is 28.5 Å². The Morgan fingerprint density at radius 2 is 1.89 bits per heavy atom. The minimum absolute atomic E-state index is 0.850. The highest BCUT2D eigenvalue weighted by Gasteiger charge is 2.11. The Morgan fingerprint density at radius 1 is 1.16 bits per heavy atom. The topological polar surface area (TPSA) is 33.4 Å². The fourth-order valence-corrected chi connectivity index (χ4v) is 2.49. The summed E-state index contributed by atoms with van der Waals surface area (Å²) in [6.07, 6.45) is 5.59. The van der Waals surface area contributed by atoms with Gasteiger partial charge in [-0.05, 0) is 40.2 Å². The molecule has 0 spiro atoms. The number of nitrogens with zero attached hydrogens (tertiary/aromatic N) is 4. The van der Waals surface area contributed by atoms with E-state index in [1.54, 1.807) is 12.4 Å². The summed E-state index contributed by atoms with van der Waals surface area (Å²) in [6.45, 7) is 0. The Kier molecular flexibility index (Phi) is 2.98. The van der Waals surface area contributed by atoms with E-state index in [4.69, 9.17) is 0 Å². The lowest BCUT2D eigenvalue weighted by atomic mass is 10.2. The van der Waals surface area contributed by atoms with Gasteiger partial charge in [0, 0.05) is 43.9 Å². The van der Waals surface area contributed by atoms with Crippen molar-refractivity contribution in [2.24, 2.45) is 0 Å². The molecule has 3 aromatic heterocycles. The summed E-state index contributed by atoms with van der Waals surface area (Å²) >= 11 is 3.53. The Bertz CT molecular complexity index is 719. The first-order chi connectivity index (χ1) is 9.16. The molecule has 96 valence electrons. The zero-order valence-electron chi connectivity index (χ0n) is 10.7. The summed E-state index contributed by atoms with van der Waals surface area (Å²) in [5.41, 5.74) is 3.25. The van der Waals surface area contributed by atoms with Crippen LogP contribution in [0.3, 0.4) is 0 Å². The van der Waals surface area contributed by atoms with Gasteiger partial charge in [0.2, 0.25) is 0 Å². The van der Waals surface area contributed by atoms with Crippen molar-refractivity contribution in [3.63, 3.8) is 0 Å². The number of rotatable bonds is 2. The third kappa shape index (κ3) is 2.10. The van der Waals surface area contributed by atoms with E-state index in [-0.39, 0.29) is 0 Å². The van der Waals surface area contributed by atoms with Gasteiger partial charge in [-0.25, -0.2) is 4.98 Å². The number of fused-ring (bicyclic) bond motifs is 1. The molecule has 0 saturated heterocycles. The second-order valence-electron chi connectivity index (χ2n) is 4.50. The fraction of sp³-hybridized carbons (Fsp3) is 0.143. The molecular formula is C14H13BrN4. The van der Waals surface area contributed by atoms with Crippen molar-refractivity contribution >= 4 is 27.1 Å². The molecule has 0 aliphatic heterocycles. The first-order valence-electron chi connectivity index (χ1n) is 5.92. The molecule has 0 aliphatic rings. The van der Waals surface area contributed by atoms with E-state index in [9.17, 15) is 0 Å². The van der Waals surface area contributed by atoms with Crippen molar-refractivity contribution < 1.29 is 0 Å². The minimum Gasteiger partial charge on any atom is -0.378 e. The van der Waals surface area contributed by atoms with Crippen LogP contribution in [-0.2, 0) is 0 Å². The lowest BCUT2D eigenvalue weighted by Crippen LogP contribution is -2.08. The third-order valence-electron chi connectivity index (χ3n) is 3.04. The molecule has 19 heavy (non-hydrogen) atoms. The van der Waals surface area contributed by atoms with Crippen molar-refractivity contribution in [2.45, 2.75) is 0 Å². The van der Waals surface area contributed by atoms with Crippen molar-refractivity contribution in [3.05, 3.63) is 47.5 Å². The van der Waals surface area contributed by atoms with Crippen molar-refractivity contribution in [1.29, 1.82) is 0 Å². The molecule has 0 saturated carbocycles. The highest BCUT2D eigenvalue weighted by Crippen LogP contribution is 2.28. The Labute approximate surface area is 119 Å². The molecule has 4 nitrogen and oxygen atoms in total. The number of anilines is 1. The van der Waals surface area contributed by atoms with Gasteiger partial charge in [0.05, 0.1) is 5.52 Å². The standard InChI is InChI=1S/C14H13BrN4/c1-18(2)11-5-8-19-12(9-11)13(15)17-14(19)10-3-6-16-7-4-10/h3-9H,1-2H3. The molecule has 0 unspecified atom stereocenters. The van der Waals surface area contributed by atoms with Gasteiger partial charge in [0.1, 0.15) is 10.4 Å². The zero-order chi connectivity index (χ0) is 13.4. The van der Waals surface area contributed by atoms with Gasteiger partial charge in [-0.2, -0.15) is 0 Å². The number of halogens is 1. The largest absolute Gasteiger partial charge is 0.378 e.